The molecule has 1 heterocycles. The number of hydrogen-bond acceptors (Lipinski definition) is 2. The fraction of sp³-hybridized carbons (Fsp3) is 0.368. The molecule has 0 radical (unpaired) electrons. The number of rotatable bonds is 4. The molecule has 1 saturated heterocycles. The van der Waals surface area contributed by atoms with Gasteiger partial charge < -0.3 is 5.32 Å². The molecule has 0 aromatic heterocycles. The van der Waals surface area contributed by atoms with E-state index in [1.54, 1.807) is 0 Å². The summed E-state index contributed by atoms with van der Waals surface area (Å²) in [7, 11) is 0. The highest BCUT2D eigenvalue weighted by atomic mass is 35.5. The predicted octanol–water partition coefficient (Wildman–Crippen LogP) is 4.67. The van der Waals surface area contributed by atoms with Crippen LogP contribution < -0.4 is 5.32 Å². The first-order valence-electron chi connectivity index (χ1n) is 8.20. The number of benzene rings is 2. The molecule has 0 spiro atoms. The Morgan fingerprint density at radius 1 is 0.880 bits per heavy atom. The highest BCUT2D eigenvalue weighted by Crippen LogP contribution is 2.34. The Kier molecular flexibility index (Phi) is 6.87. The summed E-state index contributed by atoms with van der Waals surface area (Å²) in [5, 5.41) is 3.19. The van der Waals surface area contributed by atoms with Crippen molar-refractivity contribution in [3.8, 4) is 11.1 Å². The summed E-state index contributed by atoms with van der Waals surface area (Å²) in [4.78, 5) is 1.93. The Balaban J connectivity index is 0.00000225. The molecule has 0 unspecified atom stereocenters. The van der Waals surface area contributed by atoms with Crippen molar-refractivity contribution in [1.29, 1.82) is 0 Å². The zero-order chi connectivity index (χ0) is 17.0. The molecule has 136 valence electrons. The lowest BCUT2D eigenvalue weighted by molar-refractivity contribution is -0.148. The van der Waals surface area contributed by atoms with Crippen LogP contribution in [0, 0.1) is 0 Å². The second kappa shape index (κ2) is 8.70. The molecule has 1 fully saturated rings. The molecule has 0 bridgehead atoms. The van der Waals surface area contributed by atoms with Crippen LogP contribution in [0.2, 0.25) is 0 Å². The highest BCUT2D eigenvalue weighted by molar-refractivity contribution is 5.85. The monoisotopic (exact) mass is 370 g/mol. The molecule has 6 heteroatoms. The Hall–Kier alpha value is -1.56. The summed E-state index contributed by atoms with van der Waals surface area (Å²) in [6.45, 7) is 2.75. The van der Waals surface area contributed by atoms with Gasteiger partial charge in [0.15, 0.2) is 0 Å². The summed E-state index contributed by atoms with van der Waals surface area (Å²) in [6, 6.07) is 16.7. The Morgan fingerprint density at radius 2 is 1.44 bits per heavy atom. The summed E-state index contributed by atoms with van der Waals surface area (Å²) >= 11 is 0. The average Bonchev–Trinajstić information content (AvgIpc) is 2.61. The van der Waals surface area contributed by atoms with E-state index in [1.165, 1.54) is 0 Å². The van der Waals surface area contributed by atoms with Crippen LogP contribution in [0.1, 0.15) is 18.0 Å². The van der Waals surface area contributed by atoms with E-state index in [0.717, 1.165) is 29.8 Å². The van der Waals surface area contributed by atoms with E-state index in [-0.39, 0.29) is 12.4 Å². The molecule has 25 heavy (non-hydrogen) atoms. The van der Waals surface area contributed by atoms with E-state index in [2.05, 4.69) is 5.32 Å². The number of piperazine rings is 1. The van der Waals surface area contributed by atoms with Crippen molar-refractivity contribution >= 4 is 12.4 Å². The summed E-state index contributed by atoms with van der Waals surface area (Å²) in [5.74, 6) is 0. The number of hydrogen-bond donors (Lipinski definition) is 1. The second-order valence-electron chi connectivity index (χ2n) is 6.11. The molecular formula is C19H22ClF3N2. The van der Waals surface area contributed by atoms with Gasteiger partial charge in [-0.25, -0.2) is 0 Å². The maximum atomic E-state index is 13.0. The maximum Gasteiger partial charge on any atom is 0.390 e. The first kappa shape index (κ1) is 19.8. The molecule has 2 aromatic carbocycles. The molecule has 0 saturated carbocycles. The van der Waals surface area contributed by atoms with Crippen LogP contribution in [-0.2, 0) is 0 Å². The van der Waals surface area contributed by atoms with Gasteiger partial charge in [-0.3, -0.25) is 4.90 Å². The van der Waals surface area contributed by atoms with Gasteiger partial charge >= 0.3 is 6.18 Å². The summed E-state index contributed by atoms with van der Waals surface area (Å²) in [6.07, 6.45) is -4.98. The molecule has 1 aliphatic heterocycles. The minimum atomic E-state index is -4.17. The molecule has 3 rings (SSSR count). The Bertz CT molecular complexity index is 638. The predicted molar refractivity (Wildman–Crippen MR) is 97.0 cm³/mol. The largest absolute Gasteiger partial charge is 0.390 e. The summed E-state index contributed by atoms with van der Waals surface area (Å²) in [5.41, 5.74) is 2.82. The van der Waals surface area contributed by atoms with E-state index in [4.69, 9.17) is 0 Å². The lowest BCUT2D eigenvalue weighted by Gasteiger charge is -2.35. The molecular weight excluding hydrogens is 349 g/mol. The van der Waals surface area contributed by atoms with Crippen LogP contribution in [0.5, 0.6) is 0 Å². The van der Waals surface area contributed by atoms with Crippen molar-refractivity contribution in [3.63, 3.8) is 0 Å². The fourth-order valence-corrected chi connectivity index (χ4v) is 3.20. The van der Waals surface area contributed by atoms with Crippen molar-refractivity contribution in [2.45, 2.75) is 18.6 Å². The van der Waals surface area contributed by atoms with Crippen molar-refractivity contribution in [3.05, 3.63) is 60.2 Å². The fourth-order valence-electron chi connectivity index (χ4n) is 3.20. The SMILES string of the molecule is Cl.FC(F)(F)C[C@H](c1ccc(-c2ccccc2)cc1)N1CCNCC1. The van der Waals surface area contributed by atoms with Crippen LogP contribution in [-0.4, -0.2) is 37.3 Å². The minimum Gasteiger partial charge on any atom is -0.314 e. The van der Waals surface area contributed by atoms with Crippen LogP contribution >= 0.6 is 12.4 Å². The third-order valence-corrected chi connectivity index (χ3v) is 4.42. The lowest BCUT2D eigenvalue weighted by Crippen LogP contribution is -2.46. The molecule has 0 amide bonds. The normalized spacial score (nSPS) is 16.9. The first-order chi connectivity index (χ1) is 11.5. The number of nitrogens with zero attached hydrogens (tertiary/aromatic N) is 1. The molecule has 2 aromatic rings. The van der Waals surface area contributed by atoms with Gasteiger partial charge in [0.25, 0.3) is 0 Å². The van der Waals surface area contributed by atoms with Crippen molar-refractivity contribution in [1.82, 2.24) is 10.2 Å². The van der Waals surface area contributed by atoms with Crippen molar-refractivity contribution in [2.24, 2.45) is 0 Å². The second-order valence-corrected chi connectivity index (χ2v) is 6.11. The Morgan fingerprint density at radius 3 is 2.00 bits per heavy atom. The van der Waals surface area contributed by atoms with Crippen molar-refractivity contribution < 1.29 is 13.2 Å². The Labute approximate surface area is 152 Å². The topological polar surface area (TPSA) is 15.3 Å². The van der Waals surface area contributed by atoms with Crippen LogP contribution in [0.3, 0.4) is 0 Å². The lowest BCUT2D eigenvalue weighted by atomic mass is 9.97. The number of nitrogens with one attached hydrogen (secondary N) is 1. The first-order valence-corrected chi connectivity index (χ1v) is 8.20. The van der Waals surface area contributed by atoms with Gasteiger partial charge in [0.2, 0.25) is 0 Å². The van der Waals surface area contributed by atoms with E-state index >= 15 is 0 Å². The van der Waals surface area contributed by atoms with Crippen LogP contribution in [0.4, 0.5) is 13.2 Å². The molecule has 0 aliphatic carbocycles. The van der Waals surface area contributed by atoms with Gasteiger partial charge in [0.1, 0.15) is 0 Å². The number of alkyl halides is 3. The van der Waals surface area contributed by atoms with E-state index < -0.39 is 18.6 Å². The van der Waals surface area contributed by atoms with Gasteiger partial charge in [-0.15, -0.1) is 12.4 Å². The zero-order valence-corrected chi connectivity index (χ0v) is 14.6. The van der Waals surface area contributed by atoms with Gasteiger partial charge in [-0.1, -0.05) is 54.6 Å². The third-order valence-electron chi connectivity index (χ3n) is 4.42. The van der Waals surface area contributed by atoms with Gasteiger partial charge in [0, 0.05) is 32.2 Å². The average molecular weight is 371 g/mol. The van der Waals surface area contributed by atoms with E-state index in [1.807, 2.05) is 59.5 Å². The maximum absolute atomic E-state index is 13.0. The molecule has 1 atom stereocenters. The van der Waals surface area contributed by atoms with Gasteiger partial charge in [0.05, 0.1) is 6.42 Å². The van der Waals surface area contributed by atoms with Crippen LogP contribution in [0.15, 0.2) is 54.6 Å². The van der Waals surface area contributed by atoms with Crippen LogP contribution in [0.25, 0.3) is 11.1 Å². The smallest absolute Gasteiger partial charge is 0.314 e. The summed E-state index contributed by atoms with van der Waals surface area (Å²) < 4.78 is 39.1. The molecule has 1 N–H and O–H groups in total. The van der Waals surface area contributed by atoms with E-state index in [0.29, 0.717) is 13.1 Å². The van der Waals surface area contributed by atoms with Gasteiger partial charge in [-0.2, -0.15) is 13.2 Å². The molecule has 1 aliphatic rings. The van der Waals surface area contributed by atoms with Crippen molar-refractivity contribution in [2.75, 3.05) is 26.2 Å². The minimum absolute atomic E-state index is 0. The quantitative estimate of drug-likeness (QED) is 0.841. The zero-order valence-electron chi connectivity index (χ0n) is 13.8. The standard InChI is InChI=1S/C19H21F3N2.ClH/c20-19(21,22)14-18(24-12-10-23-11-13-24)17-8-6-16(7-9-17)15-4-2-1-3-5-15;/h1-9,18,23H,10-14H2;1H/t18-;/m1./s1. The van der Waals surface area contributed by atoms with E-state index in [9.17, 15) is 13.2 Å². The third kappa shape index (κ3) is 5.46. The highest BCUT2D eigenvalue weighted by Gasteiger charge is 2.35. The van der Waals surface area contributed by atoms with Gasteiger partial charge in [-0.05, 0) is 16.7 Å². The number of halogens is 4. The molecule has 2 nitrogen and oxygen atoms in total.